The van der Waals surface area contributed by atoms with Crippen LogP contribution in [-0.2, 0) is 0 Å². The van der Waals surface area contributed by atoms with Crippen molar-refractivity contribution in [3.63, 3.8) is 0 Å². The molecule has 1 unspecified atom stereocenters. The molecule has 0 saturated carbocycles. The van der Waals surface area contributed by atoms with Gasteiger partial charge in [0, 0.05) is 22.6 Å². The molecule has 1 aromatic carbocycles. The van der Waals surface area contributed by atoms with Crippen molar-refractivity contribution >= 4 is 10.9 Å². The van der Waals surface area contributed by atoms with Gasteiger partial charge >= 0.3 is 0 Å². The normalized spacial score (nSPS) is 20.9. The third-order valence-corrected chi connectivity index (χ3v) is 3.78. The molecule has 0 radical (unpaired) electrons. The predicted molar refractivity (Wildman–Crippen MR) is 72.4 cm³/mol. The molecule has 90 valence electrons. The van der Waals surface area contributed by atoms with Crippen LogP contribution < -0.4 is 5.32 Å². The van der Waals surface area contributed by atoms with E-state index in [1.807, 2.05) is 0 Å². The number of H-pyrrole nitrogens is 1. The summed E-state index contributed by atoms with van der Waals surface area (Å²) >= 11 is 0. The average Bonchev–Trinajstić information content (AvgIpc) is 2.74. The lowest BCUT2D eigenvalue weighted by Gasteiger charge is -2.22. The summed E-state index contributed by atoms with van der Waals surface area (Å²) in [6, 6.07) is 7.36. The van der Waals surface area contributed by atoms with E-state index in [0.29, 0.717) is 6.04 Å². The van der Waals surface area contributed by atoms with Crippen LogP contribution in [0.15, 0.2) is 18.2 Å². The molecule has 0 bridgehead atoms. The van der Waals surface area contributed by atoms with Gasteiger partial charge in [-0.3, -0.25) is 0 Å². The highest BCUT2D eigenvalue weighted by molar-refractivity contribution is 5.84. The molecule has 0 amide bonds. The number of piperidine rings is 1. The molecule has 0 spiro atoms. The Balaban J connectivity index is 2.03. The van der Waals surface area contributed by atoms with Crippen molar-refractivity contribution < 1.29 is 0 Å². The molecule has 2 nitrogen and oxygen atoms in total. The predicted octanol–water partition coefficient (Wildman–Crippen LogP) is 3.60. The molecule has 2 N–H and O–H groups in total. The summed E-state index contributed by atoms with van der Waals surface area (Å²) in [6.45, 7) is 5.50. The minimum Gasteiger partial charge on any atom is -0.357 e. The minimum atomic E-state index is 0.524. The quantitative estimate of drug-likeness (QED) is 0.767. The van der Waals surface area contributed by atoms with Gasteiger partial charge in [-0.15, -0.1) is 0 Å². The highest BCUT2D eigenvalue weighted by Crippen LogP contribution is 2.27. The van der Waals surface area contributed by atoms with Crippen LogP contribution in [0, 0.1) is 13.8 Å². The molecule has 17 heavy (non-hydrogen) atoms. The topological polar surface area (TPSA) is 27.8 Å². The van der Waals surface area contributed by atoms with Gasteiger partial charge in [-0.25, -0.2) is 0 Å². The smallest absolute Gasteiger partial charge is 0.0486 e. The van der Waals surface area contributed by atoms with Gasteiger partial charge in [0.05, 0.1) is 0 Å². The lowest BCUT2D eigenvalue weighted by Crippen LogP contribution is -2.26. The molecule has 1 aliphatic heterocycles. The maximum absolute atomic E-state index is 3.60. The van der Waals surface area contributed by atoms with E-state index in [4.69, 9.17) is 0 Å². The number of nitrogens with one attached hydrogen (secondary N) is 2. The van der Waals surface area contributed by atoms with E-state index >= 15 is 0 Å². The zero-order valence-electron chi connectivity index (χ0n) is 10.6. The van der Waals surface area contributed by atoms with E-state index in [1.165, 1.54) is 47.0 Å². The number of aryl methyl sites for hydroxylation is 2. The Morgan fingerprint density at radius 1 is 1.12 bits per heavy atom. The van der Waals surface area contributed by atoms with Crippen molar-refractivity contribution in [1.29, 1.82) is 0 Å². The Hall–Kier alpha value is -1.28. The van der Waals surface area contributed by atoms with Gasteiger partial charge < -0.3 is 10.3 Å². The summed E-state index contributed by atoms with van der Waals surface area (Å²) in [6.07, 6.45) is 3.91. The Labute approximate surface area is 102 Å². The zero-order chi connectivity index (χ0) is 11.8. The number of aromatic amines is 1. The van der Waals surface area contributed by atoms with Gasteiger partial charge in [0.15, 0.2) is 0 Å². The molecular formula is C15H20N2. The van der Waals surface area contributed by atoms with E-state index in [1.54, 1.807) is 0 Å². The Morgan fingerprint density at radius 3 is 2.76 bits per heavy atom. The Bertz CT molecular complexity index is 533. The first-order chi connectivity index (χ1) is 8.24. The van der Waals surface area contributed by atoms with Gasteiger partial charge in [0.1, 0.15) is 0 Å². The summed E-state index contributed by atoms with van der Waals surface area (Å²) in [5, 5.41) is 4.95. The highest BCUT2D eigenvalue weighted by Gasteiger charge is 2.16. The van der Waals surface area contributed by atoms with E-state index in [-0.39, 0.29) is 0 Å². The number of hydrogen-bond donors (Lipinski definition) is 2. The Morgan fingerprint density at radius 2 is 2.00 bits per heavy atom. The van der Waals surface area contributed by atoms with Gasteiger partial charge in [-0.2, -0.15) is 0 Å². The molecule has 1 aliphatic rings. The van der Waals surface area contributed by atoms with Gasteiger partial charge in [-0.05, 0) is 50.9 Å². The third kappa shape index (κ3) is 1.98. The molecule has 2 aromatic rings. The maximum Gasteiger partial charge on any atom is 0.0486 e. The van der Waals surface area contributed by atoms with E-state index in [9.17, 15) is 0 Å². The van der Waals surface area contributed by atoms with Crippen LogP contribution in [0.4, 0.5) is 0 Å². The van der Waals surface area contributed by atoms with Crippen LogP contribution in [0.3, 0.4) is 0 Å². The van der Waals surface area contributed by atoms with Crippen LogP contribution in [0.1, 0.15) is 42.1 Å². The SMILES string of the molecule is Cc1cc(C)c2[nH]c(C3CCCCN3)cc2c1. The maximum atomic E-state index is 3.60. The molecule has 2 heteroatoms. The minimum absolute atomic E-state index is 0.524. The number of hydrogen-bond acceptors (Lipinski definition) is 1. The zero-order valence-corrected chi connectivity index (χ0v) is 10.6. The van der Waals surface area contributed by atoms with Crippen molar-refractivity contribution in [3.05, 3.63) is 35.0 Å². The molecule has 2 heterocycles. The number of rotatable bonds is 1. The van der Waals surface area contributed by atoms with Crippen molar-refractivity contribution in [1.82, 2.24) is 10.3 Å². The van der Waals surface area contributed by atoms with Gasteiger partial charge in [-0.1, -0.05) is 18.1 Å². The standard InChI is InChI=1S/C15H20N2/c1-10-7-11(2)15-12(8-10)9-14(17-15)13-5-3-4-6-16-13/h7-9,13,16-17H,3-6H2,1-2H3. The second-order valence-electron chi connectivity index (χ2n) is 5.27. The van der Waals surface area contributed by atoms with E-state index in [2.05, 4.69) is 42.3 Å². The van der Waals surface area contributed by atoms with E-state index in [0.717, 1.165) is 6.54 Å². The summed E-state index contributed by atoms with van der Waals surface area (Å²) in [5.74, 6) is 0. The lowest BCUT2D eigenvalue weighted by atomic mass is 10.0. The average molecular weight is 228 g/mol. The molecule has 3 rings (SSSR count). The monoisotopic (exact) mass is 228 g/mol. The van der Waals surface area contributed by atoms with Gasteiger partial charge in [0.2, 0.25) is 0 Å². The Kier molecular flexibility index (Phi) is 2.67. The first kappa shape index (κ1) is 10.8. The fourth-order valence-electron chi connectivity index (χ4n) is 2.94. The van der Waals surface area contributed by atoms with Crippen molar-refractivity contribution in [3.8, 4) is 0 Å². The lowest BCUT2D eigenvalue weighted by molar-refractivity contribution is 0.407. The molecule has 1 aromatic heterocycles. The van der Waals surface area contributed by atoms with Crippen molar-refractivity contribution in [2.24, 2.45) is 0 Å². The highest BCUT2D eigenvalue weighted by atomic mass is 14.9. The first-order valence-electron chi connectivity index (χ1n) is 6.57. The molecule has 0 aliphatic carbocycles. The van der Waals surface area contributed by atoms with Crippen LogP contribution >= 0.6 is 0 Å². The second-order valence-corrected chi connectivity index (χ2v) is 5.27. The molecule has 1 fully saturated rings. The van der Waals surface area contributed by atoms with Crippen LogP contribution in [0.25, 0.3) is 10.9 Å². The number of benzene rings is 1. The summed E-state index contributed by atoms with van der Waals surface area (Å²) in [7, 11) is 0. The fourth-order valence-corrected chi connectivity index (χ4v) is 2.94. The summed E-state index contributed by atoms with van der Waals surface area (Å²) < 4.78 is 0. The first-order valence-corrected chi connectivity index (χ1v) is 6.57. The molecule has 1 atom stereocenters. The van der Waals surface area contributed by atoms with E-state index < -0.39 is 0 Å². The largest absolute Gasteiger partial charge is 0.357 e. The number of fused-ring (bicyclic) bond motifs is 1. The third-order valence-electron chi connectivity index (χ3n) is 3.78. The second kappa shape index (κ2) is 4.19. The van der Waals surface area contributed by atoms with Crippen LogP contribution in [-0.4, -0.2) is 11.5 Å². The molecular weight excluding hydrogens is 208 g/mol. The van der Waals surface area contributed by atoms with Crippen LogP contribution in [0.5, 0.6) is 0 Å². The van der Waals surface area contributed by atoms with Gasteiger partial charge in [0.25, 0.3) is 0 Å². The summed E-state index contributed by atoms with van der Waals surface area (Å²) in [4.78, 5) is 3.60. The number of aromatic nitrogens is 1. The molecule has 1 saturated heterocycles. The fraction of sp³-hybridized carbons (Fsp3) is 0.467. The van der Waals surface area contributed by atoms with Crippen molar-refractivity contribution in [2.45, 2.75) is 39.2 Å². The van der Waals surface area contributed by atoms with Crippen LogP contribution in [0.2, 0.25) is 0 Å². The summed E-state index contributed by atoms with van der Waals surface area (Å²) in [5.41, 5.74) is 5.35. The van der Waals surface area contributed by atoms with Crippen molar-refractivity contribution in [2.75, 3.05) is 6.54 Å².